The molecule has 106 valence electrons. The molecular weight excluding hydrogens is 242 g/mol. The van der Waals surface area contributed by atoms with E-state index in [2.05, 4.69) is 11.2 Å². The zero-order valence-corrected chi connectivity index (χ0v) is 11.6. The molecule has 0 heterocycles. The first-order valence-corrected chi connectivity index (χ1v) is 7.03. The number of carboxylic acid groups (broad SMARTS) is 1. The van der Waals surface area contributed by atoms with Crippen LogP contribution in [0.5, 0.6) is 0 Å². The Kier molecular flexibility index (Phi) is 5.88. The molecule has 0 radical (unpaired) electrons. The van der Waals surface area contributed by atoms with E-state index in [-0.39, 0.29) is 18.4 Å². The fraction of sp³-hybridized carbons (Fsp3) is 0.733. The lowest BCUT2D eigenvalue weighted by Crippen LogP contribution is -2.41. The van der Waals surface area contributed by atoms with Gasteiger partial charge in [0, 0.05) is 6.42 Å². The van der Waals surface area contributed by atoms with E-state index in [0.29, 0.717) is 12.8 Å². The molecule has 0 aromatic heterocycles. The van der Waals surface area contributed by atoms with Crippen LogP contribution in [0.3, 0.4) is 0 Å². The molecule has 1 saturated carbocycles. The highest BCUT2D eigenvalue weighted by Crippen LogP contribution is 2.39. The quantitative estimate of drug-likeness (QED) is 0.724. The fourth-order valence-corrected chi connectivity index (χ4v) is 2.73. The van der Waals surface area contributed by atoms with E-state index in [4.69, 9.17) is 6.42 Å². The smallest absolute Gasteiger partial charge is 0.310 e. The van der Waals surface area contributed by atoms with Crippen molar-refractivity contribution >= 4 is 11.9 Å². The van der Waals surface area contributed by atoms with E-state index in [1.54, 1.807) is 0 Å². The van der Waals surface area contributed by atoms with Gasteiger partial charge in [-0.3, -0.25) is 9.59 Å². The van der Waals surface area contributed by atoms with Crippen molar-refractivity contribution in [2.45, 2.75) is 64.3 Å². The summed E-state index contributed by atoms with van der Waals surface area (Å²) >= 11 is 0. The Morgan fingerprint density at radius 3 is 2.47 bits per heavy atom. The van der Waals surface area contributed by atoms with Crippen LogP contribution in [0.25, 0.3) is 0 Å². The largest absolute Gasteiger partial charge is 0.481 e. The monoisotopic (exact) mass is 265 g/mol. The predicted molar refractivity (Wildman–Crippen MR) is 73.4 cm³/mol. The third-order valence-corrected chi connectivity index (χ3v) is 3.88. The first-order chi connectivity index (χ1) is 9.04. The zero-order chi connectivity index (χ0) is 14.3. The molecule has 0 aliphatic heterocycles. The van der Waals surface area contributed by atoms with Gasteiger partial charge in [0.05, 0.1) is 11.5 Å². The summed E-state index contributed by atoms with van der Waals surface area (Å²) in [6, 6.07) is -0.285. The molecule has 0 bridgehead atoms. The van der Waals surface area contributed by atoms with E-state index in [0.717, 1.165) is 32.1 Å². The number of hydrogen-bond donors (Lipinski definition) is 2. The highest BCUT2D eigenvalue weighted by molar-refractivity contribution is 5.85. The molecule has 1 atom stereocenters. The Bertz CT molecular complexity index is 364. The van der Waals surface area contributed by atoms with Gasteiger partial charge in [-0.25, -0.2) is 0 Å². The minimum Gasteiger partial charge on any atom is -0.481 e. The number of carbonyl (C=O) groups is 2. The maximum Gasteiger partial charge on any atom is 0.310 e. The van der Waals surface area contributed by atoms with Crippen LogP contribution in [0, 0.1) is 17.8 Å². The maximum absolute atomic E-state index is 12.0. The third-order valence-electron chi connectivity index (χ3n) is 3.88. The SMILES string of the molecule is C#CC(CCC)NC(=O)CC1(C(=O)O)CCCCC1. The highest BCUT2D eigenvalue weighted by atomic mass is 16.4. The number of amides is 1. The summed E-state index contributed by atoms with van der Waals surface area (Å²) in [4.78, 5) is 23.5. The summed E-state index contributed by atoms with van der Waals surface area (Å²) in [5, 5.41) is 12.2. The van der Waals surface area contributed by atoms with Crippen molar-refractivity contribution < 1.29 is 14.7 Å². The minimum absolute atomic E-state index is 0.0459. The van der Waals surface area contributed by atoms with Crippen LogP contribution >= 0.6 is 0 Å². The normalized spacial score (nSPS) is 19.2. The number of terminal acetylenes is 1. The van der Waals surface area contributed by atoms with Crippen LogP contribution in [0.2, 0.25) is 0 Å². The Morgan fingerprint density at radius 2 is 2.00 bits per heavy atom. The average Bonchev–Trinajstić information content (AvgIpc) is 2.39. The van der Waals surface area contributed by atoms with Gasteiger partial charge in [-0.15, -0.1) is 6.42 Å². The molecule has 0 aromatic carbocycles. The average molecular weight is 265 g/mol. The van der Waals surface area contributed by atoms with Crippen LogP contribution in [-0.2, 0) is 9.59 Å². The van der Waals surface area contributed by atoms with Gasteiger partial charge in [-0.1, -0.05) is 38.5 Å². The first kappa shape index (κ1) is 15.6. The lowest BCUT2D eigenvalue weighted by atomic mass is 9.71. The Labute approximate surface area is 115 Å². The van der Waals surface area contributed by atoms with Gasteiger partial charge < -0.3 is 10.4 Å². The topological polar surface area (TPSA) is 66.4 Å². The number of carboxylic acids is 1. The van der Waals surface area contributed by atoms with Gasteiger partial charge in [-0.2, -0.15) is 0 Å². The van der Waals surface area contributed by atoms with E-state index in [1.807, 2.05) is 6.92 Å². The summed E-state index contributed by atoms with van der Waals surface area (Å²) in [6.07, 6.45) is 11.0. The lowest BCUT2D eigenvalue weighted by Gasteiger charge is -2.32. The second kappa shape index (κ2) is 7.18. The second-order valence-corrected chi connectivity index (χ2v) is 5.40. The van der Waals surface area contributed by atoms with E-state index >= 15 is 0 Å². The van der Waals surface area contributed by atoms with Gasteiger partial charge in [0.25, 0.3) is 0 Å². The van der Waals surface area contributed by atoms with Crippen LogP contribution in [0.15, 0.2) is 0 Å². The maximum atomic E-state index is 12.0. The van der Waals surface area contributed by atoms with Crippen LogP contribution in [0.4, 0.5) is 0 Å². The number of aliphatic carboxylic acids is 1. The van der Waals surface area contributed by atoms with Crippen molar-refractivity contribution in [3.63, 3.8) is 0 Å². The molecule has 1 amide bonds. The van der Waals surface area contributed by atoms with Crippen molar-refractivity contribution in [2.75, 3.05) is 0 Å². The van der Waals surface area contributed by atoms with Crippen molar-refractivity contribution in [3.05, 3.63) is 0 Å². The molecule has 1 aliphatic rings. The Hall–Kier alpha value is -1.50. The van der Waals surface area contributed by atoms with Gasteiger partial charge in [0.1, 0.15) is 0 Å². The molecule has 4 heteroatoms. The summed E-state index contributed by atoms with van der Waals surface area (Å²) in [7, 11) is 0. The van der Waals surface area contributed by atoms with E-state index < -0.39 is 11.4 Å². The summed E-state index contributed by atoms with van der Waals surface area (Å²) in [6.45, 7) is 2.00. The molecule has 1 aliphatic carbocycles. The van der Waals surface area contributed by atoms with Gasteiger partial charge in [0.15, 0.2) is 0 Å². The highest BCUT2D eigenvalue weighted by Gasteiger charge is 2.41. The number of nitrogens with one attached hydrogen (secondary N) is 1. The predicted octanol–water partition coefficient (Wildman–Crippen LogP) is 2.33. The summed E-state index contributed by atoms with van der Waals surface area (Å²) < 4.78 is 0. The molecule has 1 rings (SSSR count). The molecule has 4 nitrogen and oxygen atoms in total. The Morgan fingerprint density at radius 1 is 1.37 bits per heavy atom. The number of carbonyl (C=O) groups excluding carboxylic acids is 1. The van der Waals surface area contributed by atoms with Crippen molar-refractivity contribution in [2.24, 2.45) is 5.41 Å². The number of rotatable bonds is 6. The van der Waals surface area contributed by atoms with Crippen molar-refractivity contribution in [3.8, 4) is 12.3 Å². The molecule has 0 spiro atoms. The van der Waals surface area contributed by atoms with Crippen molar-refractivity contribution in [1.29, 1.82) is 0 Å². The van der Waals surface area contributed by atoms with E-state index in [9.17, 15) is 14.7 Å². The van der Waals surface area contributed by atoms with Crippen LogP contribution < -0.4 is 5.32 Å². The Balaban J connectivity index is 2.62. The zero-order valence-electron chi connectivity index (χ0n) is 11.6. The fourth-order valence-electron chi connectivity index (χ4n) is 2.73. The lowest BCUT2D eigenvalue weighted by molar-refractivity contribution is -0.154. The molecule has 19 heavy (non-hydrogen) atoms. The van der Waals surface area contributed by atoms with Gasteiger partial charge in [0.2, 0.25) is 5.91 Å². The van der Waals surface area contributed by atoms with Crippen molar-refractivity contribution in [1.82, 2.24) is 5.32 Å². The molecule has 1 fully saturated rings. The van der Waals surface area contributed by atoms with Crippen LogP contribution in [0.1, 0.15) is 58.3 Å². The molecule has 0 saturated heterocycles. The summed E-state index contributed by atoms with van der Waals surface area (Å²) in [5.41, 5.74) is -0.881. The standard InChI is InChI=1S/C15H23NO3/c1-3-8-12(4-2)16-13(17)11-15(14(18)19)9-6-5-7-10-15/h2,12H,3,5-11H2,1H3,(H,16,17)(H,18,19). The van der Waals surface area contributed by atoms with Gasteiger partial charge in [-0.05, 0) is 19.3 Å². The minimum atomic E-state index is -0.881. The summed E-state index contributed by atoms with van der Waals surface area (Å²) in [5.74, 6) is 1.45. The second-order valence-electron chi connectivity index (χ2n) is 5.40. The molecule has 0 aromatic rings. The van der Waals surface area contributed by atoms with Gasteiger partial charge >= 0.3 is 5.97 Å². The molecule has 2 N–H and O–H groups in total. The van der Waals surface area contributed by atoms with Crippen LogP contribution in [-0.4, -0.2) is 23.0 Å². The first-order valence-electron chi connectivity index (χ1n) is 7.03. The third kappa shape index (κ3) is 4.27. The molecule has 1 unspecified atom stereocenters. The number of hydrogen-bond acceptors (Lipinski definition) is 2. The molecular formula is C15H23NO3. The van der Waals surface area contributed by atoms with E-state index in [1.165, 1.54) is 0 Å².